The predicted octanol–water partition coefficient (Wildman–Crippen LogP) is 4.46. The number of nitrogens with one attached hydrogen (secondary N) is 2. The first kappa shape index (κ1) is 22.9. The van der Waals surface area contributed by atoms with Crippen molar-refractivity contribution < 1.29 is 19.1 Å². The monoisotopic (exact) mass is 432 g/mol. The van der Waals surface area contributed by atoms with Gasteiger partial charge in [-0.15, -0.1) is 0 Å². The van der Waals surface area contributed by atoms with Crippen LogP contribution in [0.25, 0.3) is 0 Å². The van der Waals surface area contributed by atoms with Crippen LogP contribution in [-0.4, -0.2) is 31.6 Å². The molecule has 6 heteroatoms. The zero-order valence-electron chi connectivity index (χ0n) is 18.3. The number of carbonyl (C=O) groups is 2. The SMILES string of the molecule is CC[C@@H](Oc1ccccc1OC)C(=O)Nc1ccccc1C(=O)NCCc1ccccc1. The Labute approximate surface area is 188 Å². The minimum absolute atomic E-state index is 0.240. The highest BCUT2D eigenvalue weighted by atomic mass is 16.5. The van der Waals surface area contributed by atoms with E-state index in [0.29, 0.717) is 35.7 Å². The van der Waals surface area contributed by atoms with Gasteiger partial charge in [-0.3, -0.25) is 9.59 Å². The molecular weight excluding hydrogens is 404 g/mol. The molecule has 0 aliphatic rings. The van der Waals surface area contributed by atoms with Gasteiger partial charge in [-0.1, -0.05) is 61.5 Å². The van der Waals surface area contributed by atoms with E-state index < -0.39 is 6.10 Å². The third kappa shape index (κ3) is 6.11. The quantitative estimate of drug-likeness (QED) is 0.496. The first-order chi connectivity index (χ1) is 15.6. The smallest absolute Gasteiger partial charge is 0.265 e. The highest BCUT2D eigenvalue weighted by Gasteiger charge is 2.22. The lowest BCUT2D eigenvalue weighted by atomic mass is 10.1. The molecule has 2 amide bonds. The van der Waals surface area contributed by atoms with E-state index in [0.717, 1.165) is 12.0 Å². The summed E-state index contributed by atoms with van der Waals surface area (Å²) in [5, 5.41) is 5.76. The second-order valence-corrected chi connectivity index (χ2v) is 7.19. The largest absolute Gasteiger partial charge is 0.493 e. The maximum atomic E-state index is 12.9. The molecule has 0 heterocycles. The van der Waals surface area contributed by atoms with Gasteiger partial charge >= 0.3 is 0 Å². The van der Waals surface area contributed by atoms with Crippen LogP contribution < -0.4 is 20.1 Å². The normalized spacial score (nSPS) is 11.3. The molecule has 0 aromatic heterocycles. The van der Waals surface area contributed by atoms with E-state index in [4.69, 9.17) is 9.47 Å². The van der Waals surface area contributed by atoms with Crippen molar-refractivity contribution in [1.29, 1.82) is 0 Å². The number of anilines is 1. The fourth-order valence-corrected chi connectivity index (χ4v) is 3.26. The third-order valence-electron chi connectivity index (χ3n) is 4.97. The molecule has 0 fully saturated rings. The fourth-order valence-electron chi connectivity index (χ4n) is 3.26. The minimum Gasteiger partial charge on any atom is -0.493 e. The van der Waals surface area contributed by atoms with E-state index in [9.17, 15) is 9.59 Å². The number of rotatable bonds is 10. The highest BCUT2D eigenvalue weighted by molar-refractivity contribution is 6.04. The molecular formula is C26H28N2O4. The van der Waals surface area contributed by atoms with Gasteiger partial charge in [-0.2, -0.15) is 0 Å². The molecule has 2 N–H and O–H groups in total. The van der Waals surface area contributed by atoms with E-state index in [2.05, 4.69) is 10.6 Å². The average molecular weight is 433 g/mol. The van der Waals surface area contributed by atoms with Crippen molar-refractivity contribution in [2.24, 2.45) is 0 Å². The second kappa shape index (κ2) is 11.6. The van der Waals surface area contributed by atoms with E-state index >= 15 is 0 Å². The molecule has 166 valence electrons. The number of para-hydroxylation sites is 3. The molecule has 0 bridgehead atoms. The fraction of sp³-hybridized carbons (Fsp3) is 0.231. The third-order valence-corrected chi connectivity index (χ3v) is 4.97. The molecule has 1 atom stereocenters. The van der Waals surface area contributed by atoms with E-state index in [-0.39, 0.29) is 11.8 Å². The van der Waals surface area contributed by atoms with Crippen molar-refractivity contribution in [2.45, 2.75) is 25.9 Å². The topological polar surface area (TPSA) is 76.7 Å². The summed E-state index contributed by atoms with van der Waals surface area (Å²) in [6, 6.07) is 24.1. The van der Waals surface area contributed by atoms with Gasteiger partial charge in [-0.25, -0.2) is 0 Å². The summed E-state index contributed by atoms with van der Waals surface area (Å²) in [5.41, 5.74) is 1.99. The summed E-state index contributed by atoms with van der Waals surface area (Å²) in [5.74, 6) is 0.472. The molecule has 0 saturated heterocycles. The van der Waals surface area contributed by atoms with Crippen molar-refractivity contribution in [3.8, 4) is 11.5 Å². The Morgan fingerprint density at radius 1 is 0.875 bits per heavy atom. The standard InChI is InChI=1S/C26H28N2O4/c1-3-22(32-24-16-10-9-15-23(24)31-2)26(30)28-21-14-8-7-13-20(21)25(29)27-18-17-19-11-5-4-6-12-19/h4-16,22H,3,17-18H2,1-2H3,(H,27,29)(H,28,30)/t22-/m1/s1. The van der Waals surface area contributed by atoms with Crippen LogP contribution in [0.2, 0.25) is 0 Å². The van der Waals surface area contributed by atoms with Crippen LogP contribution in [0.4, 0.5) is 5.69 Å². The van der Waals surface area contributed by atoms with Crippen LogP contribution in [0.3, 0.4) is 0 Å². The molecule has 0 aliphatic heterocycles. The van der Waals surface area contributed by atoms with Gasteiger partial charge < -0.3 is 20.1 Å². The molecule has 3 aromatic carbocycles. The van der Waals surface area contributed by atoms with Crippen LogP contribution in [0.15, 0.2) is 78.9 Å². The zero-order valence-corrected chi connectivity index (χ0v) is 18.3. The van der Waals surface area contributed by atoms with Crippen molar-refractivity contribution in [2.75, 3.05) is 19.0 Å². The van der Waals surface area contributed by atoms with Gasteiger partial charge in [0.05, 0.1) is 18.4 Å². The van der Waals surface area contributed by atoms with Gasteiger partial charge in [-0.05, 0) is 42.7 Å². The maximum Gasteiger partial charge on any atom is 0.265 e. The lowest BCUT2D eigenvalue weighted by Gasteiger charge is -2.19. The number of ether oxygens (including phenoxy) is 2. The molecule has 0 saturated carbocycles. The van der Waals surface area contributed by atoms with Crippen LogP contribution in [-0.2, 0) is 11.2 Å². The van der Waals surface area contributed by atoms with Gasteiger partial charge in [0, 0.05) is 6.54 Å². The molecule has 0 unspecified atom stereocenters. The molecule has 0 radical (unpaired) electrons. The molecule has 3 aromatic rings. The van der Waals surface area contributed by atoms with Crippen LogP contribution in [0, 0.1) is 0 Å². The average Bonchev–Trinajstić information content (AvgIpc) is 2.83. The Kier molecular flexibility index (Phi) is 8.26. The number of hydrogen-bond donors (Lipinski definition) is 2. The second-order valence-electron chi connectivity index (χ2n) is 7.19. The summed E-state index contributed by atoms with van der Waals surface area (Å²) in [7, 11) is 1.55. The van der Waals surface area contributed by atoms with Crippen molar-refractivity contribution in [3.63, 3.8) is 0 Å². The van der Waals surface area contributed by atoms with Gasteiger partial charge in [0.15, 0.2) is 17.6 Å². The number of benzene rings is 3. The summed E-state index contributed by atoms with van der Waals surface area (Å²) in [6.07, 6.45) is 0.446. The number of amides is 2. The Bertz CT molecular complexity index is 1040. The molecule has 6 nitrogen and oxygen atoms in total. The van der Waals surface area contributed by atoms with Crippen LogP contribution in [0.1, 0.15) is 29.3 Å². The number of methoxy groups -OCH3 is 1. The van der Waals surface area contributed by atoms with Crippen LogP contribution >= 0.6 is 0 Å². The Morgan fingerprint density at radius 3 is 2.25 bits per heavy atom. The predicted molar refractivity (Wildman–Crippen MR) is 125 cm³/mol. The van der Waals surface area contributed by atoms with Crippen molar-refractivity contribution >= 4 is 17.5 Å². The van der Waals surface area contributed by atoms with Crippen molar-refractivity contribution in [3.05, 3.63) is 90.0 Å². The molecule has 32 heavy (non-hydrogen) atoms. The number of carbonyl (C=O) groups excluding carboxylic acids is 2. The Balaban J connectivity index is 1.64. The summed E-state index contributed by atoms with van der Waals surface area (Å²) in [4.78, 5) is 25.7. The lowest BCUT2D eigenvalue weighted by Crippen LogP contribution is -2.34. The van der Waals surface area contributed by atoms with Crippen LogP contribution in [0.5, 0.6) is 11.5 Å². The van der Waals surface area contributed by atoms with Gasteiger partial charge in [0.25, 0.3) is 11.8 Å². The Morgan fingerprint density at radius 2 is 1.53 bits per heavy atom. The molecule has 0 spiro atoms. The minimum atomic E-state index is -0.736. The first-order valence-electron chi connectivity index (χ1n) is 10.6. The molecule has 0 aliphatic carbocycles. The van der Waals surface area contributed by atoms with E-state index in [1.807, 2.05) is 49.4 Å². The Hall–Kier alpha value is -3.80. The lowest BCUT2D eigenvalue weighted by molar-refractivity contribution is -0.122. The van der Waals surface area contributed by atoms with E-state index in [1.165, 1.54) is 0 Å². The highest BCUT2D eigenvalue weighted by Crippen LogP contribution is 2.27. The van der Waals surface area contributed by atoms with E-state index in [1.54, 1.807) is 43.5 Å². The zero-order chi connectivity index (χ0) is 22.8. The number of hydrogen-bond acceptors (Lipinski definition) is 4. The summed E-state index contributed by atoms with van der Waals surface area (Å²) in [6.45, 7) is 2.36. The van der Waals surface area contributed by atoms with Crippen molar-refractivity contribution in [1.82, 2.24) is 5.32 Å². The summed E-state index contributed by atoms with van der Waals surface area (Å²) >= 11 is 0. The summed E-state index contributed by atoms with van der Waals surface area (Å²) < 4.78 is 11.2. The first-order valence-corrected chi connectivity index (χ1v) is 10.6. The molecule has 3 rings (SSSR count). The maximum absolute atomic E-state index is 12.9. The van der Waals surface area contributed by atoms with Gasteiger partial charge in [0.2, 0.25) is 0 Å². The van der Waals surface area contributed by atoms with Gasteiger partial charge in [0.1, 0.15) is 0 Å².